The van der Waals surface area contributed by atoms with Crippen molar-refractivity contribution in [1.82, 2.24) is 0 Å². The number of carbonyl (C=O) groups excluding carboxylic acids is 1. The molecule has 2 aromatic carbocycles. The number of carbonyl (C=O) groups is 1. The van der Waals surface area contributed by atoms with E-state index < -0.39 is 22.6 Å². The molecule has 1 aliphatic heterocycles. The topological polar surface area (TPSA) is 79.2 Å². The molecule has 6 nitrogen and oxygen atoms in total. The summed E-state index contributed by atoms with van der Waals surface area (Å²) in [5.41, 5.74) is 3.60. The van der Waals surface area contributed by atoms with E-state index in [2.05, 4.69) is 28.0 Å². The Balaban J connectivity index is 1.47. The summed E-state index contributed by atoms with van der Waals surface area (Å²) in [7, 11) is -1.96. The van der Waals surface area contributed by atoms with Crippen LogP contribution in [0.5, 0.6) is 5.75 Å². The third-order valence-corrected chi connectivity index (χ3v) is 10.4. The number of halogens is 1. The molecule has 0 aromatic heterocycles. The molecule has 41 heavy (non-hydrogen) atoms. The van der Waals surface area contributed by atoms with Crippen LogP contribution in [0.4, 0.5) is 5.69 Å². The Morgan fingerprint density at radius 1 is 1.32 bits per heavy atom. The average Bonchev–Trinajstić information content (AvgIpc) is 3.10. The predicted octanol–water partition coefficient (Wildman–Crippen LogP) is 6.55. The first-order chi connectivity index (χ1) is 19.8. The molecule has 3 aliphatic rings. The van der Waals surface area contributed by atoms with Gasteiger partial charge in [0, 0.05) is 45.4 Å². The molecule has 1 unspecified atom stereocenters. The van der Waals surface area contributed by atoms with Crippen molar-refractivity contribution >= 4 is 33.8 Å². The van der Waals surface area contributed by atoms with E-state index in [1.165, 1.54) is 11.1 Å². The van der Waals surface area contributed by atoms with Crippen LogP contribution in [0.3, 0.4) is 0 Å². The first-order valence-corrected chi connectivity index (χ1v) is 16.5. The number of hydrogen-bond acceptors (Lipinski definition) is 5. The molecule has 5 rings (SSSR count). The number of rotatable bonds is 9. The second kappa shape index (κ2) is 13.1. The number of aliphatic hydroxyl groups excluding tert-OH is 1. The maximum absolute atomic E-state index is 13.1. The summed E-state index contributed by atoms with van der Waals surface area (Å²) < 4.78 is 23.1. The quantitative estimate of drug-likeness (QED) is 0.195. The zero-order chi connectivity index (χ0) is 29.0. The molecular formula is C33H41ClN2O4S. The van der Waals surface area contributed by atoms with Gasteiger partial charge in [0.15, 0.2) is 0 Å². The number of anilines is 1. The van der Waals surface area contributed by atoms with Crippen molar-refractivity contribution in [2.75, 3.05) is 30.3 Å². The van der Waals surface area contributed by atoms with Gasteiger partial charge in [-0.1, -0.05) is 35.9 Å². The summed E-state index contributed by atoms with van der Waals surface area (Å²) in [5.74, 6) is 1.14. The van der Waals surface area contributed by atoms with E-state index in [0.29, 0.717) is 23.8 Å². The van der Waals surface area contributed by atoms with E-state index in [0.717, 1.165) is 74.5 Å². The van der Waals surface area contributed by atoms with Gasteiger partial charge in [0.2, 0.25) is 0 Å². The third kappa shape index (κ3) is 6.58. The number of aryl methyl sites for hydroxylation is 1. The van der Waals surface area contributed by atoms with Crippen LogP contribution in [0.2, 0.25) is 5.02 Å². The van der Waals surface area contributed by atoms with Crippen molar-refractivity contribution in [2.24, 2.45) is 16.2 Å². The summed E-state index contributed by atoms with van der Waals surface area (Å²) >= 11 is 6.38. The first-order valence-electron chi connectivity index (χ1n) is 14.8. The number of benzene rings is 2. The van der Waals surface area contributed by atoms with Crippen LogP contribution in [0.15, 0.2) is 65.6 Å². The number of aliphatic hydroxyl groups is 1. The van der Waals surface area contributed by atoms with Crippen molar-refractivity contribution in [3.63, 3.8) is 0 Å². The van der Waals surface area contributed by atoms with Crippen LogP contribution < -0.4 is 9.64 Å². The molecule has 1 spiro atoms. The molecule has 8 heteroatoms. The molecule has 0 radical (unpaired) electrons. The van der Waals surface area contributed by atoms with Crippen LogP contribution in [0.1, 0.15) is 66.9 Å². The fraction of sp³-hybridized carbons (Fsp3) is 0.485. The van der Waals surface area contributed by atoms with Gasteiger partial charge >= 0.3 is 0 Å². The van der Waals surface area contributed by atoms with Gasteiger partial charge < -0.3 is 14.7 Å². The highest BCUT2D eigenvalue weighted by molar-refractivity contribution is 7.75. The Bertz CT molecular complexity index is 1400. The monoisotopic (exact) mass is 596 g/mol. The van der Waals surface area contributed by atoms with E-state index >= 15 is 0 Å². The van der Waals surface area contributed by atoms with Crippen LogP contribution in [0, 0.1) is 11.8 Å². The minimum atomic E-state index is -1.96. The van der Waals surface area contributed by atoms with Gasteiger partial charge in [-0.2, -0.15) is 4.36 Å². The zero-order valence-corrected chi connectivity index (χ0v) is 25.5. The van der Waals surface area contributed by atoms with Gasteiger partial charge in [-0.25, -0.2) is 0 Å². The smallest absolute Gasteiger partial charge is 0.284 e. The average molecular weight is 597 g/mol. The molecule has 5 atom stereocenters. The molecule has 1 heterocycles. The van der Waals surface area contributed by atoms with Gasteiger partial charge in [-0.15, -0.1) is 6.58 Å². The molecule has 1 fully saturated rings. The number of ether oxygens (including phenoxy) is 1. The van der Waals surface area contributed by atoms with Crippen molar-refractivity contribution < 1.29 is 18.8 Å². The summed E-state index contributed by atoms with van der Waals surface area (Å²) in [5, 5.41) is 11.3. The molecule has 1 N–H and O–H groups in total. The molecule has 0 bridgehead atoms. The van der Waals surface area contributed by atoms with Gasteiger partial charge in [-0.05, 0) is 105 Å². The largest absolute Gasteiger partial charge is 0.490 e. The molecule has 1 saturated carbocycles. The second-order valence-electron chi connectivity index (χ2n) is 11.7. The van der Waals surface area contributed by atoms with Crippen molar-refractivity contribution in [1.29, 1.82) is 0 Å². The number of hydrogen-bond donors (Lipinski definition) is 2. The number of fused-ring (bicyclic) bond motifs is 3. The SMILES string of the molecule is C=C[C@H](O)[C@@H]1CC[C@H]1CN1C[C@@]2(CCCc3cc(Cl)ccc32)COc2ccc(C(=O)/N=[SH](=O)/CCC/C=C\C)cc21. The zero-order valence-electron chi connectivity index (χ0n) is 23.8. The molecule has 220 valence electrons. The predicted molar refractivity (Wildman–Crippen MR) is 168 cm³/mol. The number of unbranched alkanes of at least 4 members (excludes halogenated alkanes) is 1. The minimum Gasteiger partial charge on any atom is -0.490 e. The van der Waals surface area contributed by atoms with E-state index in [-0.39, 0.29) is 11.3 Å². The lowest BCUT2D eigenvalue weighted by Crippen LogP contribution is -2.49. The number of thiol groups is 1. The number of allylic oxidation sites excluding steroid dienone is 2. The van der Waals surface area contributed by atoms with Crippen molar-refractivity contribution in [3.8, 4) is 5.75 Å². The normalized spacial score (nSPS) is 25.1. The van der Waals surface area contributed by atoms with E-state index in [1.807, 2.05) is 37.3 Å². The molecule has 2 aromatic rings. The van der Waals surface area contributed by atoms with Gasteiger partial charge in [-0.3, -0.25) is 9.00 Å². The van der Waals surface area contributed by atoms with Crippen LogP contribution in [-0.4, -0.2) is 46.8 Å². The first kappa shape index (κ1) is 29.9. The Labute approximate surface area is 250 Å². The van der Waals surface area contributed by atoms with Gasteiger partial charge in [0.05, 0.1) is 18.4 Å². The van der Waals surface area contributed by atoms with Crippen LogP contribution >= 0.6 is 11.6 Å². The van der Waals surface area contributed by atoms with E-state index in [9.17, 15) is 14.1 Å². The number of nitrogens with zero attached hydrogens (tertiary/aromatic N) is 2. The molecule has 0 saturated heterocycles. The highest BCUT2D eigenvalue weighted by atomic mass is 35.5. The standard InChI is InChI=1S/C33H41ClN2O4S/c1-3-5-6-7-17-41(39)35-32(38)24-11-15-31-29(19-24)36(20-25-10-13-27(25)30(37)4-2)21-33(22-40-31)16-8-9-23-18-26(34)12-14-28(23)33/h3-5,11-12,14-15,18-19,25,27,30,37,41H,2,6-10,13,16-17,20-22H2,1H3/b5-3-/t25-,27+,30-,33-/m0/s1. The van der Waals surface area contributed by atoms with Gasteiger partial charge in [0.25, 0.3) is 5.91 Å². The van der Waals surface area contributed by atoms with E-state index in [1.54, 1.807) is 12.1 Å². The lowest BCUT2D eigenvalue weighted by atomic mass is 9.68. The Morgan fingerprint density at radius 2 is 2.17 bits per heavy atom. The van der Waals surface area contributed by atoms with Crippen LogP contribution in [0.25, 0.3) is 0 Å². The molecular weight excluding hydrogens is 556 g/mol. The fourth-order valence-electron chi connectivity index (χ4n) is 6.70. The Hall–Kier alpha value is -2.61. The molecule has 1 amide bonds. The summed E-state index contributed by atoms with van der Waals surface area (Å²) in [6.45, 7) is 7.77. The highest BCUT2D eigenvalue weighted by Crippen LogP contribution is 2.46. The lowest BCUT2D eigenvalue weighted by molar-refractivity contribution is 0.0460. The third-order valence-electron chi connectivity index (χ3n) is 9.05. The Morgan fingerprint density at radius 3 is 2.93 bits per heavy atom. The van der Waals surface area contributed by atoms with Crippen LogP contribution in [-0.2, 0) is 22.4 Å². The number of amides is 1. The highest BCUT2D eigenvalue weighted by Gasteiger charge is 2.44. The van der Waals surface area contributed by atoms with Gasteiger partial charge in [0.1, 0.15) is 5.75 Å². The molecule has 2 aliphatic carbocycles. The summed E-state index contributed by atoms with van der Waals surface area (Å²) in [6, 6.07) is 11.6. The maximum atomic E-state index is 13.1. The summed E-state index contributed by atoms with van der Waals surface area (Å²) in [4.78, 5) is 15.5. The second-order valence-corrected chi connectivity index (χ2v) is 13.5. The Kier molecular flexibility index (Phi) is 9.57. The summed E-state index contributed by atoms with van der Waals surface area (Å²) in [6.07, 6.45) is 11.7. The minimum absolute atomic E-state index is 0.167. The lowest BCUT2D eigenvalue weighted by Gasteiger charge is -2.45. The van der Waals surface area contributed by atoms with Crippen molar-refractivity contribution in [2.45, 2.75) is 63.4 Å². The maximum Gasteiger partial charge on any atom is 0.284 e. The van der Waals surface area contributed by atoms with Crippen molar-refractivity contribution in [3.05, 3.63) is 82.9 Å². The van der Waals surface area contributed by atoms with E-state index in [4.69, 9.17) is 16.3 Å². The fourth-order valence-corrected chi connectivity index (χ4v) is 7.76.